The van der Waals surface area contributed by atoms with Crippen LogP contribution in [0, 0.1) is 46.3 Å². The van der Waals surface area contributed by atoms with Crippen molar-refractivity contribution >= 4 is 0 Å². The predicted molar refractivity (Wildman–Crippen MR) is 128 cm³/mol. The average molecular weight is 449 g/mol. The van der Waals surface area contributed by atoms with E-state index in [9.17, 15) is 20.4 Å². The lowest BCUT2D eigenvalue weighted by Crippen LogP contribution is -2.70. The normalized spacial score (nSPS) is 49.3. The molecule has 4 rings (SSSR count). The summed E-state index contributed by atoms with van der Waals surface area (Å²) in [7, 11) is 0. The number of rotatable bonds is 6. The maximum absolute atomic E-state index is 11.7. The van der Waals surface area contributed by atoms with Gasteiger partial charge in [-0.05, 0) is 98.7 Å². The van der Waals surface area contributed by atoms with Crippen molar-refractivity contribution in [3.05, 3.63) is 12.2 Å². The van der Waals surface area contributed by atoms with Gasteiger partial charge in [0.15, 0.2) is 0 Å². The minimum Gasteiger partial charge on any atom is -0.396 e. The Morgan fingerprint density at radius 3 is 2.41 bits per heavy atom. The van der Waals surface area contributed by atoms with Crippen molar-refractivity contribution in [3.8, 4) is 0 Å². The Morgan fingerprint density at radius 1 is 1.03 bits per heavy atom. The molecule has 0 aliphatic heterocycles. The van der Waals surface area contributed by atoms with Crippen molar-refractivity contribution in [1.82, 2.24) is 0 Å². The fourth-order valence-corrected chi connectivity index (χ4v) is 9.25. The standard InChI is InChI=1S/C28H48O4/c1-17(2)18(3)6-7-19(4)22-8-9-23-21-14-25(31)28(32)15-20(30)10-13-27(28,16-29)24(21)11-12-26(22,23)5/h17,19-25,29-32H,3,6-16H2,1-2,4-5H3/t19-,20?,21+,22-,23+,24+,25?,26-,27+,28?/m1/s1. The molecule has 0 amide bonds. The van der Waals surface area contributed by atoms with Crippen LogP contribution in [0.3, 0.4) is 0 Å². The lowest BCUT2D eigenvalue weighted by molar-refractivity contribution is -0.280. The molecule has 32 heavy (non-hydrogen) atoms. The summed E-state index contributed by atoms with van der Waals surface area (Å²) in [6.45, 7) is 13.6. The van der Waals surface area contributed by atoms with E-state index >= 15 is 0 Å². The third-order valence-electron chi connectivity index (χ3n) is 11.3. The van der Waals surface area contributed by atoms with Crippen LogP contribution < -0.4 is 0 Å². The summed E-state index contributed by atoms with van der Waals surface area (Å²) in [5.41, 5.74) is -0.398. The van der Waals surface area contributed by atoms with Gasteiger partial charge in [-0.1, -0.05) is 39.8 Å². The molecule has 0 aromatic rings. The molecule has 0 aromatic heterocycles. The first kappa shape index (κ1) is 24.7. The van der Waals surface area contributed by atoms with Gasteiger partial charge in [0.05, 0.1) is 18.8 Å². The van der Waals surface area contributed by atoms with E-state index < -0.39 is 23.2 Å². The zero-order valence-electron chi connectivity index (χ0n) is 20.9. The van der Waals surface area contributed by atoms with Crippen molar-refractivity contribution in [2.45, 2.75) is 110 Å². The first-order valence-electron chi connectivity index (χ1n) is 13.4. The van der Waals surface area contributed by atoms with E-state index in [1.165, 1.54) is 24.8 Å². The van der Waals surface area contributed by atoms with Gasteiger partial charge in [-0.25, -0.2) is 0 Å². The van der Waals surface area contributed by atoms with Crippen LogP contribution >= 0.6 is 0 Å². The molecule has 0 radical (unpaired) electrons. The van der Waals surface area contributed by atoms with E-state index in [1.807, 2.05) is 0 Å². The van der Waals surface area contributed by atoms with Gasteiger partial charge in [0.2, 0.25) is 0 Å². The third kappa shape index (κ3) is 3.54. The SMILES string of the molecule is C=C(CC[C@@H](C)[C@H]1CC[C@H]2[C@@H]3CC(O)C4(O)CC(O)CC[C@]4(CO)[C@H]3CC[C@]12C)C(C)C. The van der Waals surface area contributed by atoms with Crippen molar-refractivity contribution in [1.29, 1.82) is 0 Å². The number of fused-ring (bicyclic) bond motifs is 5. The van der Waals surface area contributed by atoms with E-state index in [1.54, 1.807) is 0 Å². The lowest BCUT2D eigenvalue weighted by Gasteiger charge is -2.65. The van der Waals surface area contributed by atoms with E-state index in [0.29, 0.717) is 48.9 Å². The molecule has 0 saturated heterocycles. The molecule has 0 heterocycles. The van der Waals surface area contributed by atoms with E-state index in [4.69, 9.17) is 0 Å². The zero-order valence-corrected chi connectivity index (χ0v) is 20.9. The molecule has 4 aliphatic rings. The molecule has 4 saturated carbocycles. The predicted octanol–water partition coefficient (Wildman–Crippen LogP) is 4.69. The van der Waals surface area contributed by atoms with Gasteiger partial charge in [-0.15, -0.1) is 0 Å². The smallest absolute Gasteiger partial charge is 0.101 e. The van der Waals surface area contributed by atoms with Gasteiger partial charge in [0.1, 0.15) is 5.60 Å². The molecule has 4 N–H and O–H groups in total. The maximum atomic E-state index is 11.7. The fourth-order valence-electron chi connectivity index (χ4n) is 9.25. The molecule has 184 valence electrons. The van der Waals surface area contributed by atoms with Gasteiger partial charge in [-0.2, -0.15) is 0 Å². The minimum atomic E-state index is -1.36. The average Bonchev–Trinajstić information content (AvgIpc) is 3.09. The van der Waals surface area contributed by atoms with E-state index in [2.05, 4.69) is 34.3 Å². The van der Waals surface area contributed by atoms with Crippen molar-refractivity contribution in [3.63, 3.8) is 0 Å². The molecule has 4 aliphatic carbocycles. The summed E-state index contributed by atoms with van der Waals surface area (Å²) in [4.78, 5) is 0. The summed E-state index contributed by atoms with van der Waals surface area (Å²) >= 11 is 0. The largest absolute Gasteiger partial charge is 0.396 e. The van der Waals surface area contributed by atoms with Gasteiger partial charge in [0.25, 0.3) is 0 Å². The summed E-state index contributed by atoms with van der Waals surface area (Å²) in [6, 6.07) is 0. The summed E-state index contributed by atoms with van der Waals surface area (Å²) < 4.78 is 0. The number of allylic oxidation sites excluding steroid dienone is 1. The number of hydrogen-bond acceptors (Lipinski definition) is 4. The van der Waals surface area contributed by atoms with Gasteiger partial charge in [0, 0.05) is 11.8 Å². The second-order valence-corrected chi connectivity index (χ2v) is 12.8. The first-order valence-corrected chi connectivity index (χ1v) is 13.4. The highest BCUT2D eigenvalue weighted by Crippen LogP contribution is 2.69. The molecule has 4 fully saturated rings. The van der Waals surface area contributed by atoms with Crippen LogP contribution in [0.2, 0.25) is 0 Å². The minimum absolute atomic E-state index is 0.0883. The second kappa shape index (κ2) is 8.66. The highest BCUT2D eigenvalue weighted by Gasteiger charge is 2.69. The maximum Gasteiger partial charge on any atom is 0.101 e. The molecule has 0 bridgehead atoms. The number of aliphatic hydroxyl groups is 4. The molecule has 0 aromatic carbocycles. The van der Waals surface area contributed by atoms with Gasteiger partial charge < -0.3 is 20.4 Å². The highest BCUT2D eigenvalue weighted by atomic mass is 16.4. The van der Waals surface area contributed by atoms with Crippen LogP contribution in [-0.4, -0.2) is 44.8 Å². The van der Waals surface area contributed by atoms with Crippen molar-refractivity contribution in [2.24, 2.45) is 46.3 Å². The fraction of sp³-hybridized carbons (Fsp3) is 0.929. The van der Waals surface area contributed by atoms with Crippen molar-refractivity contribution in [2.75, 3.05) is 6.61 Å². The second-order valence-electron chi connectivity index (χ2n) is 12.8. The molecule has 10 atom stereocenters. The van der Waals surface area contributed by atoms with Crippen LogP contribution in [-0.2, 0) is 0 Å². The number of aliphatic hydroxyl groups excluding tert-OH is 3. The summed E-state index contributed by atoms with van der Waals surface area (Å²) in [6.07, 6.45) is 7.53. The Bertz CT molecular complexity index is 706. The van der Waals surface area contributed by atoms with Crippen LogP contribution in [0.15, 0.2) is 12.2 Å². The third-order valence-corrected chi connectivity index (χ3v) is 11.3. The van der Waals surface area contributed by atoms with Crippen molar-refractivity contribution < 1.29 is 20.4 Å². The molecule has 3 unspecified atom stereocenters. The summed E-state index contributed by atoms with van der Waals surface area (Å²) in [5.74, 6) is 3.06. The number of hydrogen-bond donors (Lipinski definition) is 4. The van der Waals surface area contributed by atoms with Gasteiger partial charge >= 0.3 is 0 Å². The Kier molecular flexibility index (Phi) is 6.68. The Balaban J connectivity index is 1.56. The van der Waals surface area contributed by atoms with Crippen LogP contribution in [0.25, 0.3) is 0 Å². The first-order chi connectivity index (χ1) is 15.0. The molecule has 4 nitrogen and oxygen atoms in total. The quantitative estimate of drug-likeness (QED) is 0.444. The van der Waals surface area contributed by atoms with Gasteiger partial charge in [-0.3, -0.25) is 0 Å². The van der Waals surface area contributed by atoms with Crippen LogP contribution in [0.1, 0.15) is 91.9 Å². The molecular formula is C28H48O4. The van der Waals surface area contributed by atoms with E-state index in [0.717, 1.165) is 19.3 Å². The topological polar surface area (TPSA) is 80.9 Å². The Morgan fingerprint density at radius 2 is 1.75 bits per heavy atom. The lowest BCUT2D eigenvalue weighted by atomic mass is 9.42. The molecule has 4 heteroatoms. The Hall–Kier alpha value is -0.420. The van der Waals surface area contributed by atoms with E-state index in [-0.39, 0.29) is 24.4 Å². The summed E-state index contributed by atoms with van der Waals surface area (Å²) in [5, 5.41) is 43.8. The molecule has 0 spiro atoms. The highest BCUT2D eigenvalue weighted by molar-refractivity contribution is 5.18. The van der Waals surface area contributed by atoms with Crippen LogP contribution in [0.4, 0.5) is 0 Å². The zero-order chi connectivity index (χ0) is 23.5. The Labute approximate surface area is 195 Å². The monoisotopic (exact) mass is 448 g/mol. The van der Waals surface area contributed by atoms with Crippen LogP contribution in [0.5, 0.6) is 0 Å². The molecular weight excluding hydrogens is 400 g/mol.